The summed E-state index contributed by atoms with van der Waals surface area (Å²) in [5, 5.41) is 0. The van der Waals surface area contributed by atoms with Gasteiger partial charge in [-0.1, -0.05) is 112 Å². The summed E-state index contributed by atoms with van der Waals surface area (Å²) in [6.45, 7) is 14.3. The Kier molecular flexibility index (Phi) is 8.45. The van der Waals surface area contributed by atoms with Crippen LogP contribution in [0.25, 0.3) is 0 Å². The van der Waals surface area contributed by atoms with Gasteiger partial charge in [-0.05, 0) is 23.3 Å². The average Bonchev–Trinajstić information content (AvgIpc) is 2.79. The van der Waals surface area contributed by atoms with Crippen LogP contribution in [0.1, 0.15) is 22.3 Å². The maximum Gasteiger partial charge on any atom is 0.178 e. The monoisotopic (exact) mass is 482 g/mol. The van der Waals surface area contributed by atoms with Gasteiger partial charge in [-0.3, -0.25) is 0 Å². The van der Waals surface area contributed by atoms with Crippen LogP contribution in [0.5, 0.6) is 11.5 Å². The third-order valence-corrected chi connectivity index (χ3v) is 6.46. The Labute approximate surface area is 207 Å². The molecule has 0 radical (unpaired) electrons. The molecule has 4 heteroatoms. The van der Waals surface area contributed by atoms with E-state index in [1.165, 1.54) is 0 Å². The van der Waals surface area contributed by atoms with Crippen LogP contribution in [0.2, 0.25) is 39.3 Å². The molecule has 0 unspecified atom stereocenters. The molecule has 0 saturated heterocycles. The Morgan fingerprint density at radius 1 is 0.529 bits per heavy atom. The van der Waals surface area contributed by atoms with E-state index in [-0.39, 0.29) is 0 Å². The van der Waals surface area contributed by atoms with Gasteiger partial charge in [-0.2, -0.15) is 0 Å². The largest absolute Gasteiger partial charge is 0.484 e. The summed E-state index contributed by atoms with van der Waals surface area (Å²) in [7, 11) is -3.14. The maximum atomic E-state index is 6.41. The van der Waals surface area contributed by atoms with Crippen LogP contribution in [0.4, 0.5) is 0 Å². The molecule has 174 valence electrons. The summed E-state index contributed by atoms with van der Waals surface area (Å²) in [4.78, 5) is 0. The van der Waals surface area contributed by atoms with Gasteiger partial charge in [0.15, 0.2) is 11.5 Å². The second-order valence-corrected chi connectivity index (χ2v) is 19.9. The van der Waals surface area contributed by atoms with Gasteiger partial charge in [-0.25, -0.2) is 0 Å². The van der Waals surface area contributed by atoms with Crippen molar-refractivity contribution in [3.63, 3.8) is 0 Å². The normalized spacial score (nSPS) is 11.0. The molecule has 34 heavy (non-hydrogen) atoms. The zero-order valence-electron chi connectivity index (χ0n) is 21.2. The average molecular weight is 483 g/mol. The smallest absolute Gasteiger partial charge is 0.178 e. The molecular formula is C30H34O2Si2. The lowest BCUT2D eigenvalue weighted by molar-refractivity contribution is 0.255. The first-order valence-electron chi connectivity index (χ1n) is 11.7. The van der Waals surface area contributed by atoms with E-state index in [0.29, 0.717) is 24.7 Å². The van der Waals surface area contributed by atoms with Crippen molar-refractivity contribution >= 4 is 16.1 Å². The SMILES string of the molecule is C[Si](C)(C)C#Cc1ccc(C#C[Si](C)(C)C)c(OCc2ccccc2)c1OCc1ccccc1. The minimum Gasteiger partial charge on any atom is -0.484 e. The number of hydrogen-bond acceptors (Lipinski definition) is 2. The molecule has 0 heterocycles. The van der Waals surface area contributed by atoms with Gasteiger partial charge < -0.3 is 9.47 Å². The predicted molar refractivity (Wildman–Crippen MR) is 148 cm³/mol. The lowest BCUT2D eigenvalue weighted by Gasteiger charge is -2.17. The van der Waals surface area contributed by atoms with Gasteiger partial charge in [0.1, 0.15) is 29.4 Å². The summed E-state index contributed by atoms with van der Waals surface area (Å²) >= 11 is 0. The highest BCUT2D eigenvalue weighted by atomic mass is 28.3. The van der Waals surface area contributed by atoms with Gasteiger partial charge in [0, 0.05) is 0 Å². The fraction of sp³-hybridized carbons (Fsp3) is 0.267. The first-order valence-corrected chi connectivity index (χ1v) is 18.7. The van der Waals surface area contributed by atoms with Crippen LogP contribution in [0, 0.1) is 22.9 Å². The number of ether oxygens (including phenoxy) is 2. The van der Waals surface area contributed by atoms with E-state index >= 15 is 0 Å². The summed E-state index contributed by atoms with van der Waals surface area (Å²) in [5.41, 5.74) is 10.8. The van der Waals surface area contributed by atoms with Crippen molar-refractivity contribution in [2.45, 2.75) is 52.5 Å². The molecule has 3 aromatic carbocycles. The quantitative estimate of drug-likeness (QED) is 0.271. The summed E-state index contributed by atoms with van der Waals surface area (Å²) in [6, 6.07) is 24.4. The van der Waals surface area contributed by atoms with Crippen LogP contribution in [0.15, 0.2) is 72.8 Å². The van der Waals surface area contributed by atoms with Gasteiger partial charge in [0.05, 0.1) is 11.1 Å². The van der Waals surface area contributed by atoms with Crippen molar-refractivity contribution in [3.8, 4) is 34.4 Å². The molecule has 0 N–H and O–H groups in total. The van der Waals surface area contributed by atoms with Crippen molar-refractivity contribution < 1.29 is 9.47 Å². The van der Waals surface area contributed by atoms with Gasteiger partial charge in [0.25, 0.3) is 0 Å². The second kappa shape index (κ2) is 11.3. The first-order chi connectivity index (χ1) is 16.1. The molecule has 2 nitrogen and oxygen atoms in total. The Hall–Kier alpha value is -3.19. The van der Waals surface area contributed by atoms with Crippen molar-refractivity contribution in [1.29, 1.82) is 0 Å². The molecular weight excluding hydrogens is 449 g/mol. The van der Waals surface area contributed by atoms with Gasteiger partial charge >= 0.3 is 0 Å². The van der Waals surface area contributed by atoms with Crippen molar-refractivity contribution in [2.24, 2.45) is 0 Å². The van der Waals surface area contributed by atoms with Crippen molar-refractivity contribution in [1.82, 2.24) is 0 Å². The second-order valence-electron chi connectivity index (χ2n) is 10.4. The molecule has 0 amide bonds. The third kappa shape index (κ3) is 8.30. The summed E-state index contributed by atoms with van der Waals surface area (Å²) in [5.74, 6) is 8.14. The Morgan fingerprint density at radius 3 is 1.21 bits per heavy atom. The highest BCUT2D eigenvalue weighted by Crippen LogP contribution is 2.36. The lowest BCUT2D eigenvalue weighted by atomic mass is 10.1. The van der Waals surface area contributed by atoms with Crippen LogP contribution in [0.3, 0.4) is 0 Å². The molecule has 3 rings (SSSR count). The van der Waals surface area contributed by atoms with Crippen LogP contribution in [-0.2, 0) is 13.2 Å². The van der Waals surface area contributed by atoms with Crippen LogP contribution in [-0.4, -0.2) is 16.1 Å². The standard InChI is InChI=1S/C30H34O2Si2/c1-33(2,3)21-19-27-17-18-28(20-22-34(4,5)6)30(32-24-26-15-11-8-12-16-26)29(27)31-23-25-13-9-7-10-14-25/h7-18H,23-24H2,1-6H3. The van der Waals surface area contributed by atoms with Crippen molar-refractivity contribution in [2.75, 3.05) is 0 Å². The predicted octanol–water partition coefficient (Wildman–Crippen LogP) is 7.30. The van der Waals surface area contributed by atoms with Crippen LogP contribution < -0.4 is 9.47 Å². The van der Waals surface area contributed by atoms with Gasteiger partial charge in [0.2, 0.25) is 0 Å². The molecule has 0 saturated carbocycles. The molecule has 0 bridgehead atoms. The highest BCUT2D eigenvalue weighted by molar-refractivity contribution is 6.84. The lowest BCUT2D eigenvalue weighted by Crippen LogP contribution is -2.16. The van der Waals surface area contributed by atoms with E-state index in [1.807, 2.05) is 48.5 Å². The van der Waals surface area contributed by atoms with E-state index < -0.39 is 16.1 Å². The van der Waals surface area contributed by atoms with Gasteiger partial charge in [-0.15, -0.1) is 11.1 Å². The minimum absolute atomic E-state index is 0.440. The molecule has 0 aliphatic heterocycles. The van der Waals surface area contributed by atoms with E-state index in [0.717, 1.165) is 22.3 Å². The number of rotatable bonds is 6. The number of benzene rings is 3. The minimum atomic E-state index is -1.57. The molecule has 0 aliphatic carbocycles. The summed E-state index contributed by atoms with van der Waals surface area (Å²) < 4.78 is 12.8. The zero-order valence-corrected chi connectivity index (χ0v) is 23.2. The molecule has 0 spiro atoms. The fourth-order valence-corrected chi connectivity index (χ4v) is 4.03. The Bertz CT molecular complexity index is 1120. The maximum absolute atomic E-state index is 6.41. The van der Waals surface area contributed by atoms with E-state index in [9.17, 15) is 0 Å². The molecule has 0 fully saturated rings. The highest BCUT2D eigenvalue weighted by Gasteiger charge is 2.18. The van der Waals surface area contributed by atoms with E-state index in [1.54, 1.807) is 0 Å². The molecule has 0 aromatic heterocycles. The molecule has 0 atom stereocenters. The third-order valence-electron chi connectivity index (χ3n) is 4.71. The van der Waals surface area contributed by atoms with E-state index in [2.05, 4.69) is 86.5 Å². The molecule has 0 aliphatic rings. The van der Waals surface area contributed by atoms with E-state index in [4.69, 9.17) is 9.47 Å². The fourth-order valence-electron chi connectivity index (χ4n) is 3.02. The number of hydrogen-bond donors (Lipinski definition) is 0. The van der Waals surface area contributed by atoms with Crippen molar-refractivity contribution in [3.05, 3.63) is 95.1 Å². The Balaban J connectivity index is 2.09. The topological polar surface area (TPSA) is 18.5 Å². The zero-order chi connectivity index (χ0) is 24.6. The Morgan fingerprint density at radius 2 is 0.882 bits per heavy atom. The first kappa shape index (κ1) is 25.4. The summed E-state index contributed by atoms with van der Waals surface area (Å²) in [6.07, 6.45) is 0. The van der Waals surface area contributed by atoms with Crippen LogP contribution >= 0.6 is 0 Å². The molecule has 3 aromatic rings.